The molecule has 0 bridgehead atoms. The van der Waals surface area contributed by atoms with Gasteiger partial charge >= 0.3 is 0 Å². The number of hydrogen-bond acceptors (Lipinski definition) is 7. The molecule has 1 amide bonds. The zero-order valence-corrected chi connectivity index (χ0v) is 16.6. The predicted octanol–water partition coefficient (Wildman–Crippen LogP) is 3.23. The van der Waals surface area contributed by atoms with Gasteiger partial charge in [-0.1, -0.05) is 29.4 Å². The third-order valence-electron chi connectivity index (χ3n) is 4.44. The Kier molecular flexibility index (Phi) is 5.78. The van der Waals surface area contributed by atoms with E-state index in [2.05, 4.69) is 20.1 Å². The van der Waals surface area contributed by atoms with Crippen LogP contribution in [-0.4, -0.2) is 57.9 Å². The molecule has 0 atom stereocenters. The van der Waals surface area contributed by atoms with Crippen molar-refractivity contribution in [1.82, 2.24) is 20.1 Å². The third-order valence-corrected chi connectivity index (χ3v) is 5.48. The van der Waals surface area contributed by atoms with Crippen LogP contribution in [0.25, 0.3) is 11.5 Å². The first-order valence-electron chi connectivity index (χ1n) is 8.84. The van der Waals surface area contributed by atoms with E-state index in [-0.39, 0.29) is 11.7 Å². The van der Waals surface area contributed by atoms with Gasteiger partial charge in [-0.05, 0) is 30.3 Å². The molecule has 0 aliphatic carbocycles. The van der Waals surface area contributed by atoms with Crippen LogP contribution in [0.4, 0.5) is 5.69 Å². The van der Waals surface area contributed by atoms with Gasteiger partial charge in [-0.2, -0.15) is 0 Å². The number of amides is 1. The molecule has 7 nitrogen and oxygen atoms in total. The van der Waals surface area contributed by atoms with Gasteiger partial charge in [0, 0.05) is 49.3 Å². The van der Waals surface area contributed by atoms with Gasteiger partial charge in [-0.25, -0.2) is 0 Å². The third kappa shape index (κ3) is 4.45. The topological polar surface area (TPSA) is 75.4 Å². The maximum absolute atomic E-state index is 12.5. The van der Waals surface area contributed by atoms with Crippen molar-refractivity contribution in [3.8, 4) is 11.5 Å². The average molecular weight is 416 g/mol. The number of anilines is 1. The molecule has 1 fully saturated rings. The highest BCUT2D eigenvalue weighted by molar-refractivity contribution is 7.99. The number of piperazine rings is 1. The normalized spacial score (nSPS) is 14.3. The van der Waals surface area contributed by atoms with Crippen LogP contribution < -0.4 is 4.90 Å². The predicted molar refractivity (Wildman–Crippen MR) is 108 cm³/mol. The highest BCUT2D eigenvalue weighted by atomic mass is 35.5. The van der Waals surface area contributed by atoms with Gasteiger partial charge in [-0.15, -0.1) is 10.2 Å². The highest BCUT2D eigenvalue weighted by Crippen LogP contribution is 2.24. The van der Waals surface area contributed by atoms with Crippen molar-refractivity contribution >= 4 is 35.0 Å². The minimum atomic E-state index is 0.0665. The van der Waals surface area contributed by atoms with Crippen LogP contribution >= 0.6 is 23.4 Å². The molecule has 0 unspecified atom stereocenters. The molecule has 3 aromatic rings. The van der Waals surface area contributed by atoms with Gasteiger partial charge in [0.1, 0.15) is 0 Å². The number of nitrogens with zero attached hydrogens (tertiary/aromatic N) is 5. The minimum absolute atomic E-state index is 0.0665. The summed E-state index contributed by atoms with van der Waals surface area (Å²) in [6.45, 7) is 2.91. The largest absolute Gasteiger partial charge is 0.411 e. The van der Waals surface area contributed by atoms with Crippen LogP contribution in [0.2, 0.25) is 5.02 Å². The second-order valence-electron chi connectivity index (χ2n) is 6.25. The fourth-order valence-corrected chi connectivity index (χ4v) is 3.83. The molecule has 0 spiro atoms. The number of pyridine rings is 1. The van der Waals surface area contributed by atoms with Gasteiger partial charge in [0.25, 0.3) is 5.22 Å². The first kappa shape index (κ1) is 18.8. The summed E-state index contributed by atoms with van der Waals surface area (Å²) in [4.78, 5) is 20.6. The molecule has 28 heavy (non-hydrogen) atoms. The Labute approximate surface area is 171 Å². The molecule has 0 radical (unpaired) electrons. The Morgan fingerprint density at radius 2 is 2.00 bits per heavy atom. The van der Waals surface area contributed by atoms with Crippen molar-refractivity contribution in [2.75, 3.05) is 36.8 Å². The summed E-state index contributed by atoms with van der Waals surface area (Å²) in [5.41, 5.74) is 1.84. The number of carbonyl (C=O) groups is 1. The van der Waals surface area contributed by atoms with Crippen molar-refractivity contribution in [2.24, 2.45) is 0 Å². The van der Waals surface area contributed by atoms with Crippen LogP contribution in [0.3, 0.4) is 0 Å². The first-order chi connectivity index (χ1) is 13.7. The zero-order valence-electron chi connectivity index (χ0n) is 15.0. The van der Waals surface area contributed by atoms with E-state index in [1.54, 1.807) is 18.5 Å². The molecular formula is C19H18ClN5O2S. The van der Waals surface area contributed by atoms with Gasteiger partial charge in [0.05, 0.1) is 11.3 Å². The summed E-state index contributed by atoms with van der Waals surface area (Å²) < 4.78 is 5.60. The van der Waals surface area contributed by atoms with E-state index in [1.165, 1.54) is 11.8 Å². The number of hydrogen-bond donors (Lipinski definition) is 0. The molecule has 2 aromatic heterocycles. The molecular weight excluding hydrogens is 398 g/mol. The Morgan fingerprint density at radius 3 is 2.75 bits per heavy atom. The molecule has 0 saturated carbocycles. The molecule has 4 rings (SSSR count). The summed E-state index contributed by atoms with van der Waals surface area (Å²) in [5.74, 6) is 0.737. The smallest absolute Gasteiger partial charge is 0.277 e. The maximum Gasteiger partial charge on any atom is 0.277 e. The summed E-state index contributed by atoms with van der Waals surface area (Å²) in [6, 6.07) is 11.4. The number of halogens is 1. The minimum Gasteiger partial charge on any atom is -0.411 e. The number of thioether (sulfide) groups is 1. The Morgan fingerprint density at radius 1 is 1.14 bits per heavy atom. The molecule has 0 N–H and O–H groups in total. The fourth-order valence-electron chi connectivity index (χ4n) is 2.98. The highest BCUT2D eigenvalue weighted by Gasteiger charge is 2.22. The van der Waals surface area contributed by atoms with E-state index in [4.69, 9.17) is 16.0 Å². The zero-order chi connectivity index (χ0) is 19.3. The number of carbonyl (C=O) groups excluding carboxylic acids is 1. The van der Waals surface area contributed by atoms with Gasteiger partial charge in [0.15, 0.2) is 0 Å². The number of benzene rings is 1. The van der Waals surface area contributed by atoms with E-state index >= 15 is 0 Å². The maximum atomic E-state index is 12.5. The summed E-state index contributed by atoms with van der Waals surface area (Å²) in [6.07, 6.45) is 3.34. The van der Waals surface area contributed by atoms with E-state index in [0.717, 1.165) is 29.4 Å². The number of rotatable bonds is 5. The van der Waals surface area contributed by atoms with Crippen molar-refractivity contribution in [1.29, 1.82) is 0 Å². The van der Waals surface area contributed by atoms with Crippen LogP contribution in [-0.2, 0) is 4.79 Å². The second kappa shape index (κ2) is 8.62. The van der Waals surface area contributed by atoms with E-state index < -0.39 is 0 Å². The van der Waals surface area contributed by atoms with E-state index in [0.29, 0.717) is 24.2 Å². The lowest BCUT2D eigenvalue weighted by atomic mass is 10.2. The average Bonchev–Trinajstić information content (AvgIpc) is 3.22. The summed E-state index contributed by atoms with van der Waals surface area (Å²) in [5, 5.41) is 9.10. The van der Waals surface area contributed by atoms with Gasteiger partial charge in [0.2, 0.25) is 11.8 Å². The van der Waals surface area contributed by atoms with Gasteiger partial charge in [-0.3, -0.25) is 9.78 Å². The lowest BCUT2D eigenvalue weighted by Gasteiger charge is -2.36. The lowest BCUT2D eigenvalue weighted by molar-refractivity contribution is -0.128. The van der Waals surface area contributed by atoms with Crippen LogP contribution in [0.15, 0.2) is 58.4 Å². The standard InChI is InChI=1S/C19H18ClN5O2S/c20-15-4-1-5-16(11-15)24-7-9-25(10-8-24)17(26)13-28-19-23-22-18(27-19)14-3-2-6-21-12-14/h1-6,11-12H,7-10,13H2. The monoisotopic (exact) mass is 415 g/mol. The molecule has 1 aromatic carbocycles. The molecule has 3 heterocycles. The van der Waals surface area contributed by atoms with Crippen molar-refractivity contribution in [2.45, 2.75) is 5.22 Å². The van der Waals surface area contributed by atoms with E-state index in [1.807, 2.05) is 35.2 Å². The van der Waals surface area contributed by atoms with Crippen molar-refractivity contribution < 1.29 is 9.21 Å². The van der Waals surface area contributed by atoms with Crippen LogP contribution in [0, 0.1) is 0 Å². The lowest BCUT2D eigenvalue weighted by Crippen LogP contribution is -2.49. The molecule has 9 heteroatoms. The van der Waals surface area contributed by atoms with Crippen LogP contribution in [0.5, 0.6) is 0 Å². The van der Waals surface area contributed by atoms with E-state index in [9.17, 15) is 4.79 Å². The molecule has 1 aliphatic rings. The van der Waals surface area contributed by atoms with Crippen LogP contribution in [0.1, 0.15) is 0 Å². The quantitative estimate of drug-likeness (QED) is 0.592. The Bertz CT molecular complexity index is 944. The fraction of sp³-hybridized carbons (Fsp3) is 0.263. The van der Waals surface area contributed by atoms with Crippen molar-refractivity contribution in [3.05, 3.63) is 53.8 Å². The molecule has 1 saturated heterocycles. The number of aromatic nitrogens is 3. The Balaban J connectivity index is 1.28. The first-order valence-corrected chi connectivity index (χ1v) is 10.2. The van der Waals surface area contributed by atoms with Crippen molar-refractivity contribution in [3.63, 3.8) is 0 Å². The Hall–Kier alpha value is -2.58. The molecule has 1 aliphatic heterocycles. The second-order valence-corrected chi connectivity index (χ2v) is 7.61. The summed E-state index contributed by atoms with van der Waals surface area (Å²) >= 11 is 7.32. The van der Waals surface area contributed by atoms with Gasteiger partial charge < -0.3 is 14.2 Å². The summed E-state index contributed by atoms with van der Waals surface area (Å²) in [7, 11) is 0. The molecule has 144 valence electrons. The SMILES string of the molecule is O=C(CSc1nnc(-c2cccnc2)o1)N1CCN(c2cccc(Cl)c2)CC1.